The van der Waals surface area contributed by atoms with Crippen LogP contribution in [0.15, 0.2) is 59.2 Å². The molecule has 0 bridgehead atoms. The monoisotopic (exact) mass is 530 g/mol. The highest BCUT2D eigenvalue weighted by Gasteiger charge is 2.43. The van der Waals surface area contributed by atoms with Crippen molar-refractivity contribution in [2.24, 2.45) is 16.9 Å². The van der Waals surface area contributed by atoms with Crippen LogP contribution in [0.2, 0.25) is 0 Å². The molecule has 0 saturated heterocycles. The van der Waals surface area contributed by atoms with Crippen molar-refractivity contribution in [3.8, 4) is 11.5 Å². The number of allylic oxidation sites excluding steroid dienone is 1. The van der Waals surface area contributed by atoms with Gasteiger partial charge in [0.25, 0.3) is 5.91 Å². The molecule has 2 fully saturated rings. The number of rotatable bonds is 9. The molecule has 39 heavy (non-hydrogen) atoms. The Hall–Kier alpha value is -3.61. The van der Waals surface area contributed by atoms with Crippen molar-refractivity contribution in [3.05, 3.63) is 65.2 Å². The van der Waals surface area contributed by atoms with Crippen molar-refractivity contribution >= 4 is 23.7 Å². The Bertz CT molecular complexity index is 1210. The lowest BCUT2D eigenvalue weighted by Crippen LogP contribution is -2.34. The molecule has 0 aromatic heterocycles. The third-order valence-corrected chi connectivity index (χ3v) is 8.26. The number of hydrogen-bond acceptors (Lipinski definition) is 6. The topological polar surface area (TPSA) is 77.4 Å². The minimum absolute atomic E-state index is 0.0682. The molecule has 2 saturated carbocycles. The van der Waals surface area contributed by atoms with E-state index >= 15 is 0 Å². The van der Waals surface area contributed by atoms with E-state index in [0.29, 0.717) is 12.3 Å². The third-order valence-electron chi connectivity index (χ3n) is 8.26. The van der Waals surface area contributed by atoms with Crippen LogP contribution in [0, 0.1) is 11.8 Å². The fourth-order valence-electron chi connectivity index (χ4n) is 6.14. The molecule has 3 aliphatic rings. The molecule has 2 aliphatic carbocycles. The number of nitrogens with zero attached hydrogens (tertiary/aromatic N) is 2. The molecule has 2 aromatic carbocycles. The van der Waals surface area contributed by atoms with E-state index in [1.165, 1.54) is 25.7 Å². The first-order valence-electron chi connectivity index (χ1n) is 14.1. The van der Waals surface area contributed by atoms with Crippen LogP contribution in [0.3, 0.4) is 0 Å². The Labute approximate surface area is 230 Å². The summed E-state index contributed by atoms with van der Waals surface area (Å²) in [5.41, 5.74) is 4.14. The molecular weight excluding hydrogens is 492 g/mol. The van der Waals surface area contributed by atoms with Gasteiger partial charge in [0.15, 0.2) is 6.61 Å². The summed E-state index contributed by atoms with van der Waals surface area (Å²) >= 11 is 0. The lowest BCUT2D eigenvalue weighted by molar-refractivity contribution is -0.153. The Kier molecular flexibility index (Phi) is 8.64. The summed E-state index contributed by atoms with van der Waals surface area (Å²) in [6.45, 7) is -0.294. The second-order valence-electron chi connectivity index (χ2n) is 10.7. The van der Waals surface area contributed by atoms with Crippen LogP contribution < -0.4 is 9.47 Å². The SMILES string of the molecule is COc1ccc(C=C2CCCC3C2=NN(C(=O)COC(=O)CCC2CCCC2)C3c2ccc(OC)cc2)cc1. The average Bonchev–Trinajstić information content (AvgIpc) is 3.64. The van der Waals surface area contributed by atoms with Crippen LogP contribution >= 0.6 is 0 Å². The number of fused-ring (bicyclic) bond motifs is 1. The van der Waals surface area contributed by atoms with Gasteiger partial charge in [-0.3, -0.25) is 9.59 Å². The normalized spacial score (nSPS) is 21.9. The van der Waals surface area contributed by atoms with Gasteiger partial charge in [-0.1, -0.05) is 49.9 Å². The molecule has 7 nitrogen and oxygen atoms in total. The van der Waals surface area contributed by atoms with Gasteiger partial charge in [-0.15, -0.1) is 0 Å². The number of methoxy groups -OCH3 is 2. The Morgan fingerprint density at radius 2 is 1.59 bits per heavy atom. The van der Waals surface area contributed by atoms with Gasteiger partial charge >= 0.3 is 5.97 Å². The van der Waals surface area contributed by atoms with Crippen LogP contribution in [-0.2, 0) is 14.3 Å². The lowest BCUT2D eigenvalue weighted by Gasteiger charge is -2.29. The van der Waals surface area contributed by atoms with Crippen molar-refractivity contribution in [1.82, 2.24) is 5.01 Å². The first-order chi connectivity index (χ1) is 19.1. The molecule has 2 unspecified atom stereocenters. The van der Waals surface area contributed by atoms with Crippen LogP contribution in [-0.4, -0.2) is 43.4 Å². The molecule has 0 spiro atoms. The molecule has 0 radical (unpaired) electrons. The van der Waals surface area contributed by atoms with Gasteiger partial charge in [-0.25, -0.2) is 5.01 Å². The van der Waals surface area contributed by atoms with Crippen molar-refractivity contribution in [3.63, 3.8) is 0 Å². The van der Waals surface area contributed by atoms with Crippen LogP contribution in [0.4, 0.5) is 0 Å². The zero-order valence-corrected chi connectivity index (χ0v) is 22.9. The van der Waals surface area contributed by atoms with Crippen molar-refractivity contribution in [1.29, 1.82) is 0 Å². The fourth-order valence-corrected chi connectivity index (χ4v) is 6.14. The minimum atomic E-state index is -0.305. The summed E-state index contributed by atoms with van der Waals surface area (Å²) < 4.78 is 16.1. The number of carbonyl (C=O) groups is 2. The molecule has 5 rings (SSSR count). The van der Waals surface area contributed by atoms with Gasteiger partial charge in [0.1, 0.15) is 11.5 Å². The zero-order valence-electron chi connectivity index (χ0n) is 22.9. The summed E-state index contributed by atoms with van der Waals surface area (Å²) in [4.78, 5) is 25.9. The summed E-state index contributed by atoms with van der Waals surface area (Å²) in [5.74, 6) is 1.65. The first kappa shape index (κ1) is 27.0. The van der Waals surface area contributed by atoms with Gasteiger partial charge in [0.05, 0.1) is 26.0 Å². The molecule has 1 amide bonds. The largest absolute Gasteiger partial charge is 0.497 e. The number of esters is 1. The summed E-state index contributed by atoms with van der Waals surface area (Å²) in [6.07, 6.45) is 11.1. The molecular formula is C32H38N2O5. The van der Waals surface area contributed by atoms with E-state index in [0.717, 1.165) is 59.6 Å². The number of amides is 1. The van der Waals surface area contributed by atoms with E-state index in [4.69, 9.17) is 19.3 Å². The van der Waals surface area contributed by atoms with Crippen LogP contribution in [0.25, 0.3) is 6.08 Å². The fraction of sp³-hybridized carbons (Fsp3) is 0.469. The van der Waals surface area contributed by atoms with Gasteiger partial charge in [-0.2, -0.15) is 5.10 Å². The quantitative estimate of drug-likeness (QED) is 0.354. The van der Waals surface area contributed by atoms with E-state index in [1.807, 2.05) is 48.5 Å². The first-order valence-corrected chi connectivity index (χ1v) is 14.1. The van der Waals surface area contributed by atoms with Crippen molar-refractivity contribution < 1.29 is 23.8 Å². The smallest absolute Gasteiger partial charge is 0.306 e. The summed E-state index contributed by atoms with van der Waals surface area (Å²) in [6, 6.07) is 15.5. The Morgan fingerprint density at radius 1 is 0.923 bits per heavy atom. The Balaban J connectivity index is 1.35. The average molecular weight is 531 g/mol. The maximum Gasteiger partial charge on any atom is 0.306 e. The van der Waals surface area contributed by atoms with Crippen LogP contribution in [0.1, 0.15) is 75.0 Å². The number of hydrogen-bond donors (Lipinski definition) is 0. The van der Waals surface area contributed by atoms with E-state index < -0.39 is 0 Å². The molecule has 2 aromatic rings. The summed E-state index contributed by atoms with van der Waals surface area (Å²) in [7, 11) is 3.30. The van der Waals surface area contributed by atoms with Gasteiger partial charge in [0.2, 0.25) is 0 Å². The minimum Gasteiger partial charge on any atom is -0.497 e. The third kappa shape index (κ3) is 6.35. The second-order valence-corrected chi connectivity index (χ2v) is 10.7. The van der Waals surface area contributed by atoms with Gasteiger partial charge < -0.3 is 14.2 Å². The Morgan fingerprint density at radius 3 is 2.26 bits per heavy atom. The number of carbonyl (C=O) groups excluding carboxylic acids is 2. The molecule has 7 heteroatoms. The highest BCUT2D eigenvalue weighted by atomic mass is 16.5. The zero-order chi connectivity index (χ0) is 27.2. The van der Waals surface area contributed by atoms with E-state index in [2.05, 4.69) is 6.08 Å². The highest BCUT2D eigenvalue weighted by Crippen LogP contribution is 2.44. The summed E-state index contributed by atoms with van der Waals surface area (Å²) in [5, 5.41) is 6.45. The van der Waals surface area contributed by atoms with Gasteiger partial charge in [0, 0.05) is 12.3 Å². The van der Waals surface area contributed by atoms with Crippen molar-refractivity contribution in [2.45, 2.75) is 63.8 Å². The predicted molar refractivity (Wildman–Crippen MR) is 150 cm³/mol. The number of benzene rings is 2. The van der Waals surface area contributed by atoms with E-state index in [-0.39, 0.29) is 30.4 Å². The molecule has 206 valence electrons. The highest BCUT2D eigenvalue weighted by molar-refractivity contribution is 6.08. The molecule has 0 N–H and O–H groups in total. The maximum absolute atomic E-state index is 13.5. The van der Waals surface area contributed by atoms with E-state index in [9.17, 15) is 9.59 Å². The molecule has 1 aliphatic heterocycles. The lowest BCUT2D eigenvalue weighted by atomic mass is 9.77. The standard InChI is InChI=1S/C32H38N2O5/c1-37-26-15-10-23(11-16-26)20-25-8-5-9-28-31(25)33-34(32(28)24-13-17-27(38-2)18-14-24)29(35)21-39-30(36)19-12-22-6-3-4-7-22/h10-11,13-18,20,22,28,32H,3-9,12,19,21H2,1-2H3. The maximum atomic E-state index is 13.5. The predicted octanol–water partition coefficient (Wildman–Crippen LogP) is 6.34. The second kappa shape index (κ2) is 12.5. The molecule has 1 heterocycles. The molecule has 2 atom stereocenters. The van der Waals surface area contributed by atoms with Crippen LogP contribution in [0.5, 0.6) is 11.5 Å². The van der Waals surface area contributed by atoms with E-state index in [1.54, 1.807) is 19.2 Å². The number of ether oxygens (including phenoxy) is 3. The van der Waals surface area contributed by atoms with Crippen molar-refractivity contribution in [2.75, 3.05) is 20.8 Å². The number of hydrazone groups is 1. The van der Waals surface area contributed by atoms with Gasteiger partial charge in [-0.05, 0) is 78.6 Å².